The smallest absolute Gasteiger partial charge is 0.243 e. The maximum atomic E-state index is 13.2. The number of benzene rings is 2. The van der Waals surface area contributed by atoms with Gasteiger partial charge in [0.1, 0.15) is 0 Å². The molecule has 0 atom stereocenters. The first-order valence-corrected chi connectivity index (χ1v) is 11.4. The van der Waals surface area contributed by atoms with Gasteiger partial charge in [0.15, 0.2) is 0 Å². The van der Waals surface area contributed by atoms with Crippen molar-refractivity contribution in [2.45, 2.75) is 56.0 Å². The topological polar surface area (TPSA) is 66.5 Å². The van der Waals surface area contributed by atoms with Crippen molar-refractivity contribution in [2.24, 2.45) is 0 Å². The number of nitrogens with zero attached hydrogens (tertiary/aromatic N) is 1. The summed E-state index contributed by atoms with van der Waals surface area (Å²) in [5, 5.41) is 3.05. The summed E-state index contributed by atoms with van der Waals surface area (Å²) in [5.41, 5.74) is 0.851. The molecule has 150 valence electrons. The molecule has 1 saturated carbocycles. The van der Waals surface area contributed by atoms with E-state index >= 15 is 0 Å². The van der Waals surface area contributed by atoms with Crippen LogP contribution < -0.4 is 5.32 Å². The van der Waals surface area contributed by atoms with Crippen molar-refractivity contribution in [1.82, 2.24) is 9.62 Å². The minimum Gasteiger partial charge on any atom is -0.352 e. The van der Waals surface area contributed by atoms with Gasteiger partial charge >= 0.3 is 0 Å². The van der Waals surface area contributed by atoms with Crippen molar-refractivity contribution >= 4 is 15.9 Å². The van der Waals surface area contributed by atoms with Gasteiger partial charge in [-0.3, -0.25) is 4.79 Å². The molecule has 0 saturated heterocycles. The molecule has 1 aliphatic carbocycles. The molecule has 2 aromatic rings. The van der Waals surface area contributed by atoms with Gasteiger partial charge < -0.3 is 5.32 Å². The van der Waals surface area contributed by atoms with Gasteiger partial charge in [0.25, 0.3) is 0 Å². The summed E-state index contributed by atoms with van der Waals surface area (Å²) in [6.45, 7) is -0.0151. The quantitative estimate of drug-likeness (QED) is 0.721. The maximum Gasteiger partial charge on any atom is 0.243 e. The molecule has 0 unspecified atom stereocenters. The molecule has 5 nitrogen and oxygen atoms in total. The third-order valence-corrected chi connectivity index (χ3v) is 6.93. The second-order valence-corrected chi connectivity index (χ2v) is 9.27. The Morgan fingerprint density at radius 2 is 1.46 bits per heavy atom. The SMILES string of the molecule is O=C(CN(Cc1ccccc1)S(=O)(=O)c1ccccc1)NC1CCCCCC1. The van der Waals surface area contributed by atoms with E-state index in [0.29, 0.717) is 0 Å². The normalized spacial score (nSPS) is 15.9. The Labute approximate surface area is 167 Å². The molecule has 3 rings (SSSR count). The maximum absolute atomic E-state index is 13.2. The number of sulfonamides is 1. The van der Waals surface area contributed by atoms with Crippen molar-refractivity contribution in [3.05, 3.63) is 66.2 Å². The van der Waals surface area contributed by atoms with Crippen LogP contribution in [0, 0.1) is 0 Å². The van der Waals surface area contributed by atoms with E-state index in [4.69, 9.17) is 0 Å². The van der Waals surface area contributed by atoms with Crippen molar-refractivity contribution < 1.29 is 13.2 Å². The van der Waals surface area contributed by atoms with Crippen LogP contribution in [0.2, 0.25) is 0 Å². The summed E-state index contributed by atoms with van der Waals surface area (Å²) in [6, 6.07) is 17.8. The minimum atomic E-state index is -3.77. The summed E-state index contributed by atoms with van der Waals surface area (Å²) in [6.07, 6.45) is 6.57. The lowest BCUT2D eigenvalue weighted by atomic mass is 10.1. The van der Waals surface area contributed by atoms with E-state index in [1.54, 1.807) is 30.3 Å². The first kappa shape index (κ1) is 20.6. The Balaban J connectivity index is 1.76. The molecule has 0 spiro atoms. The zero-order chi connectivity index (χ0) is 19.8. The van der Waals surface area contributed by atoms with Crippen LogP contribution in [-0.4, -0.2) is 31.2 Å². The zero-order valence-corrected chi connectivity index (χ0v) is 16.9. The van der Waals surface area contributed by atoms with E-state index < -0.39 is 10.0 Å². The lowest BCUT2D eigenvalue weighted by Crippen LogP contribution is -2.43. The number of hydrogen-bond acceptors (Lipinski definition) is 3. The number of amides is 1. The Kier molecular flexibility index (Phi) is 7.23. The number of nitrogens with one attached hydrogen (secondary N) is 1. The molecular formula is C22H28N2O3S. The first-order valence-electron chi connectivity index (χ1n) is 9.94. The second-order valence-electron chi connectivity index (χ2n) is 7.33. The average Bonchev–Trinajstić information content (AvgIpc) is 2.97. The number of carbonyl (C=O) groups excluding carboxylic acids is 1. The third-order valence-electron chi connectivity index (χ3n) is 5.12. The molecule has 1 fully saturated rings. The molecule has 0 aromatic heterocycles. The standard InChI is InChI=1S/C22H28N2O3S/c25-22(23-20-13-7-1-2-8-14-20)18-24(17-19-11-5-3-6-12-19)28(26,27)21-15-9-4-10-16-21/h3-6,9-12,15-16,20H,1-2,7-8,13-14,17-18H2,(H,23,25). The lowest BCUT2D eigenvalue weighted by Gasteiger charge is -2.24. The predicted molar refractivity (Wildman–Crippen MR) is 110 cm³/mol. The fourth-order valence-electron chi connectivity index (χ4n) is 3.61. The largest absolute Gasteiger partial charge is 0.352 e. The van der Waals surface area contributed by atoms with Gasteiger partial charge in [-0.2, -0.15) is 4.31 Å². The molecule has 0 radical (unpaired) electrons. The Morgan fingerprint density at radius 3 is 2.07 bits per heavy atom. The summed E-state index contributed by atoms with van der Waals surface area (Å²) in [5.74, 6) is -0.234. The minimum absolute atomic E-state index is 0.146. The molecule has 0 aliphatic heterocycles. The van der Waals surface area contributed by atoms with Gasteiger partial charge in [-0.05, 0) is 30.5 Å². The molecule has 1 aliphatic rings. The Bertz CT molecular complexity index is 846. The fraction of sp³-hybridized carbons (Fsp3) is 0.409. The van der Waals surface area contributed by atoms with E-state index in [-0.39, 0.29) is 29.9 Å². The second kappa shape index (κ2) is 9.85. The fourth-order valence-corrected chi connectivity index (χ4v) is 5.02. The number of rotatable bonds is 7. The summed E-state index contributed by atoms with van der Waals surface area (Å²) >= 11 is 0. The van der Waals surface area contributed by atoms with Crippen LogP contribution in [0.5, 0.6) is 0 Å². The van der Waals surface area contributed by atoms with Gasteiger partial charge in [-0.25, -0.2) is 8.42 Å². The summed E-state index contributed by atoms with van der Waals surface area (Å²) < 4.78 is 27.6. The van der Waals surface area contributed by atoms with Crippen LogP contribution in [0.15, 0.2) is 65.6 Å². The van der Waals surface area contributed by atoms with Crippen LogP contribution in [0.3, 0.4) is 0 Å². The van der Waals surface area contributed by atoms with Crippen molar-refractivity contribution in [3.8, 4) is 0 Å². The summed E-state index contributed by atoms with van der Waals surface area (Å²) in [7, 11) is -3.77. The molecule has 28 heavy (non-hydrogen) atoms. The van der Waals surface area contributed by atoms with Crippen molar-refractivity contribution in [2.75, 3.05) is 6.54 Å². The van der Waals surface area contributed by atoms with Crippen LogP contribution in [0.1, 0.15) is 44.1 Å². The molecule has 0 heterocycles. The Hall–Kier alpha value is -2.18. The first-order chi connectivity index (χ1) is 13.6. The Morgan fingerprint density at radius 1 is 0.893 bits per heavy atom. The highest BCUT2D eigenvalue weighted by molar-refractivity contribution is 7.89. The lowest BCUT2D eigenvalue weighted by molar-refractivity contribution is -0.122. The van der Waals surface area contributed by atoms with Crippen molar-refractivity contribution in [1.29, 1.82) is 0 Å². The van der Waals surface area contributed by atoms with E-state index in [2.05, 4.69) is 5.32 Å². The number of hydrogen-bond donors (Lipinski definition) is 1. The van der Waals surface area contributed by atoms with Gasteiger partial charge in [-0.1, -0.05) is 74.2 Å². The van der Waals surface area contributed by atoms with E-state index in [1.165, 1.54) is 17.1 Å². The van der Waals surface area contributed by atoms with Gasteiger partial charge in [0.05, 0.1) is 11.4 Å². The molecule has 1 amide bonds. The highest BCUT2D eigenvalue weighted by Crippen LogP contribution is 2.19. The highest BCUT2D eigenvalue weighted by atomic mass is 32.2. The average molecular weight is 401 g/mol. The zero-order valence-electron chi connectivity index (χ0n) is 16.1. The molecular weight excluding hydrogens is 372 g/mol. The molecule has 1 N–H and O–H groups in total. The predicted octanol–water partition coefficient (Wildman–Crippen LogP) is 3.72. The van der Waals surface area contributed by atoms with Crippen LogP contribution in [-0.2, 0) is 21.4 Å². The van der Waals surface area contributed by atoms with E-state index in [9.17, 15) is 13.2 Å². The molecule has 6 heteroatoms. The highest BCUT2D eigenvalue weighted by Gasteiger charge is 2.27. The van der Waals surface area contributed by atoms with Crippen LogP contribution in [0.4, 0.5) is 0 Å². The van der Waals surface area contributed by atoms with Crippen LogP contribution >= 0.6 is 0 Å². The van der Waals surface area contributed by atoms with Gasteiger partial charge in [-0.15, -0.1) is 0 Å². The monoisotopic (exact) mass is 400 g/mol. The summed E-state index contributed by atoms with van der Waals surface area (Å²) in [4.78, 5) is 12.9. The van der Waals surface area contributed by atoms with Gasteiger partial charge in [0, 0.05) is 12.6 Å². The third kappa shape index (κ3) is 5.66. The molecule has 0 bridgehead atoms. The molecule has 2 aromatic carbocycles. The number of carbonyl (C=O) groups is 1. The van der Waals surface area contributed by atoms with E-state index in [0.717, 1.165) is 31.2 Å². The van der Waals surface area contributed by atoms with E-state index in [1.807, 2.05) is 30.3 Å². The van der Waals surface area contributed by atoms with Gasteiger partial charge in [0.2, 0.25) is 15.9 Å². The van der Waals surface area contributed by atoms with Crippen molar-refractivity contribution in [3.63, 3.8) is 0 Å². The van der Waals surface area contributed by atoms with Crippen LogP contribution in [0.25, 0.3) is 0 Å².